The molecule has 0 aliphatic carbocycles. The highest BCUT2D eigenvalue weighted by molar-refractivity contribution is 5.32. The van der Waals surface area contributed by atoms with Gasteiger partial charge in [0.15, 0.2) is 0 Å². The van der Waals surface area contributed by atoms with Gasteiger partial charge in [-0.2, -0.15) is 0 Å². The molecular weight excluding hydrogens is 160 g/mol. The first-order chi connectivity index (χ1) is 6.36. The van der Waals surface area contributed by atoms with E-state index in [-0.39, 0.29) is 0 Å². The standard InChI is InChI=1S/C12H17O/c1-3-5-7-11-8-6-9-12(10-11)13-4-2/h6-10H,3-5H2,1-2H3. The molecule has 0 saturated carbocycles. The van der Waals surface area contributed by atoms with E-state index in [1.807, 2.05) is 19.1 Å². The van der Waals surface area contributed by atoms with Crippen LogP contribution in [0, 0.1) is 6.42 Å². The third-order valence-electron chi connectivity index (χ3n) is 1.84. The summed E-state index contributed by atoms with van der Waals surface area (Å²) < 4.78 is 5.41. The second kappa shape index (κ2) is 5.63. The zero-order valence-corrected chi connectivity index (χ0v) is 8.42. The lowest BCUT2D eigenvalue weighted by Crippen LogP contribution is -1.91. The molecule has 1 rings (SSSR count). The van der Waals surface area contributed by atoms with Crippen molar-refractivity contribution >= 4 is 0 Å². The molecule has 13 heavy (non-hydrogen) atoms. The Morgan fingerprint density at radius 2 is 2.15 bits per heavy atom. The summed E-state index contributed by atoms with van der Waals surface area (Å²) in [5, 5.41) is 0. The quantitative estimate of drug-likeness (QED) is 0.669. The van der Waals surface area contributed by atoms with Crippen molar-refractivity contribution < 1.29 is 4.74 Å². The molecule has 0 unspecified atom stereocenters. The van der Waals surface area contributed by atoms with Crippen LogP contribution in [0.3, 0.4) is 0 Å². The molecule has 0 saturated heterocycles. The van der Waals surface area contributed by atoms with Crippen LogP contribution in [0.2, 0.25) is 0 Å². The minimum atomic E-state index is 0.733. The van der Waals surface area contributed by atoms with Gasteiger partial charge < -0.3 is 4.74 Å². The van der Waals surface area contributed by atoms with E-state index >= 15 is 0 Å². The lowest BCUT2D eigenvalue weighted by atomic mass is 10.1. The van der Waals surface area contributed by atoms with Gasteiger partial charge in [-0.05, 0) is 37.5 Å². The third-order valence-corrected chi connectivity index (χ3v) is 1.84. The van der Waals surface area contributed by atoms with Crippen LogP contribution in [0.5, 0.6) is 5.75 Å². The van der Waals surface area contributed by atoms with Crippen molar-refractivity contribution in [3.63, 3.8) is 0 Å². The minimum Gasteiger partial charge on any atom is -0.494 e. The van der Waals surface area contributed by atoms with Gasteiger partial charge in [-0.15, -0.1) is 0 Å². The van der Waals surface area contributed by atoms with Crippen LogP contribution < -0.4 is 4.74 Å². The Hall–Kier alpha value is -0.980. The first kappa shape index (κ1) is 10.1. The molecule has 0 spiro atoms. The lowest BCUT2D eigenvalue weighted by molar-refractivity contribution is 0.340. The average Bonchev–Trinajstić information content (AvgIpc) is 2.16. The predicted molar refractivity (Wildman–Crippen MR) is 55.9 cm³/mol. The third kappa shape index (κ3) is 3.49. The maximum absolute atomic E-state index is 5.41. The van der Waals surface area contributed by atoms with Gasteiger partial charge >= 0.3 is 0 Å². The van der Waals surface area contributed by atoms with Crippen LogP contribution in [0.4, 0.5) is 0 Å². The first-order valence-electron chi connectivity index (χ1n) is 4.93. The second-order valence-electron chi connectivity index (χ2n) is 3.00. The fourth-order valence-electron chi connectivity index (χ4n) is 1.21. The normalized spacial score (nSPS) is 10.0. The summed E-state index contributed by atoms with van der Waals surface area (Å²) in [6.45, 7) is 4.92. The Labute approximate surface area is 80.7 Å². The number of ether oxygens (including phenoxy) is 1. The van der Waals surface area contributed by atoms with Gasteiger partial charge in [0.2, 0.25) is 0 Å². The smallest absolute Gasteiger partial charge is 0.119 e. The molecule has 0 aromatic heterocycles. The van der Waals surface area contributed by atoms with Gasteiger partial charge in [-0.25, -0.2) is 0 Å². The highest BCUT2D eigenvalue weighted by atomic mass is 16.5. The zero-order valence-electron chi connectivity index (χ0n) is 8.42. The molecule has 0 N–H and O–H groups in total. The molecule has 1 nitrogen and oxygen atoms in total. The Morgan fingerprint density at radius 3 is 2.85 bits per heavy atom. The Balaban J connectivity index is 2.56. The van der Waals surface area contributed by atoms with Crippen LogP contribution in [0.15, 0.2) is 24.3 Å². The van der Waals surface area contributed by atoms with Gasteiger partial charge in [0.25, 0.3) is 0 Å². The first-order valence-corrected chi connectivity index (χ1v) is 4.93. The minimum absolute atomic E-state index is 0.733. The molecule has 0 heterocycles. The van der Waals surface area contributed by atoms with E-state index < -0.39 is 0 Å². The maximum Gasteiger partial charge on any atom is 0.119 e. The summed E-state index contributed by atoms with van der Waals surface area (Å²) in [7, 11) is 0. The number of hydrogen-bond donors (Lipinski definition) is 0. The molecule has 1 heteroatoms. The zero-order chi connectivity index (χ0) is 9.52. The topological polar surface area (TPSA) is 9.23 Å². The molecule has 0 aliphatic heterocycles. The van der Waals surface area contributed by atoms with E-state index in [9.17, 15) is 0 Å². The Kier molecular flexibility index (Phi) is 4.37. The lowest BCUT2D eigenvalue weighted by Gasteiger charge is -2.04. The molecule has 0 atom stereocenters. The van der Waals surface area contributed by atoms with Gasteiger partial charge in [0.05, 0.1) is 6.61 Å². The van der Waals surface area contributed by atoms with E-state index in [4.69, 9.17) is 4.74 Å². The monoisotopic (exact) mass is 177 g/mol. The summed E-state index contributed by atoms with van der Waals surface area (Å²) in [6.07, 6.45) is 4.57. The van der Waals surface area contributed by atoms with Crippen molar-refractivity contribution in [2.45, 2.75) is 26.7 Å². The maximum atomic E-state index is 5.41. The highest BCUT2D eigenvalue weighted by Gasteiger charge is 1.95. The van der Waals surface area contributed by atoms with Crippen LogP contribution >= 0.6 is 0 Å². The average molecular weight is 177 g/mol. The van der Waals surface area contributed by atoms with Crippen LogP contribution in [0.1, 0.15) is 32.3 Å². The molecule has 71 valence electrons. The summed E-state index contributed by atoms with van der Waals surface area (Å²) in [5.74, 6) is 0.965. The number of unbranched alkanes of at least 4 members (excludes halogenated alkanes) is 1. The van der Waals surface area contributed by atoms with Gasteiger partial charge in [-0.1, -0.05) is 25.5 Å². The fraction of sp³-hybridized carbons (Fsp3) is 0.417. The largest absolute Gasteiger partial charge is 0.494 e. The van der Waals surface area contributed by atoms with Crippen molar-refractivity contribution in [2.24, 2.45) is 0 Å². The summed E-state index contributed by atoms with van der Waals surface area (Å²) in [5.41, 5.74) is 1.26. The highest BCUT2D eigenvalue weighted by Crippen LogP contribution is 2.15. The fourth-order valence-corrected chi connectivity index (χ4v) is 1.21. The molecule has 1 aromatic carbocycles. The second-order valence-corrected chi connectivity index (χ2v) is 3.00. The molecule has 0 amide bonds. The summed E-state index contributed by atoms with van der Waals surface area (Å²) >= 11 is 0. The van der Waals surface area contributed by atoms with Crippen molar-refractivity contribution in [3.8, 4) is 5.75 Å². The number of benzene rings is 1. The van der Waals surface area contributed by atoms with Crippen molar-refractivity contribution in [1.29, 1.82) is 0 Å². The van der Waals surface area contributed by atoms with Crippen molar-refractivity contribution in [3.05, 3.63) is 36.2 Å². The van der Waals surface area contributed by atoms with Crippen LogP contribution in [0.25, 0.3) is 0 Å². The molecule has 1 radical (unpaired) electrons. The number of hydrogen-bond acceptors (Lipinski definition) is 1. The molecule has 0 fully saturated rings. The predicted octanol–water partition coefficient (Wildman–Crippen LogP) is 3.44. The van der Waals surface area contributed by atoms with Crippen molar-refractivity contribution in [2.75, 3.05) is 6.61 Å². The molecule has 1 aromatic rings. The SMILES string of the molecule is CCC[CH]c1cccc(OCC)c1. The molecule has 0 bridgehead atoms. The molecular formula is C12H17O. The Morgan fingerprint density at radius 1 is 1.31 bits per heavy atom. The van der Waals surface area contributed by atoms with E-state index in [1.54, 1.807) is 0 Å². The van der Waals surface area contributed by atoms with Crippen molar-refractivity contribution in [1.82, 2.24) is 0 Å². The molecule has 0 aliphatic rings. The van der Waals surface area contributed by atoms with Gasteiger partial charge in [0.1, 0.15) is 5.75 Å². The van der Waals surface area contributed by atoms with E-state index in [0.29, 0.717) is 0 Å². The Bertz CT molecular complexity index is 243. The summed E-state index contributed by atoms with van der Waals surface area (Å²) in [4.78, 5) is 0. The van der Waals surface area contributed by atoms with E-state index in [0.717, 1.165) is 18.8 Å². The summed E-state index contributed by atoms with van der Waals surface area (Å²) in [6, 6.07) is 8.22. The van der Waals surface area contributed by atoms with Gasteiger partial charge in [0, 0.05) is 0 Å². The van der Waals surface area contributed by atoms with E-state index in [1.165, 1.54) is 12.0 Å². The van der Waals surface area contributed by atoms with E-state index in [2.05, 4.69) is 25.5 Å². The van der Waals surface area contributed by atoms with Crippen LogP contribution in [-0.2, 0) is 0 Å². The number of rotatable bonds is 5. The van der Waals surface area contributed by atoms with Gasteiger partial charge in [-0.3, -0.25) is 0 Å². The van der Waals surface area contributed by atoms with Crippen LogP contribution in [-0.4, -0.2) is 6.61 Å².